The van der Waals surface area contributed by atoms with Gasteiger partial charge in [0.25, 0.3) is 15.7 Å². The van der Waals surface area contributed by atoms with Crippen LogP contribution in [0.1, 0.15) is 18.9 Å². The highest BCUT2D eigenvalue weighted by molar-refractivity contribution is 7.85. The molecule has 90 valence electrons. The highest BCUT2D eigenvalue weighted by Crippen LogP contribution is 2.16. The molecule has 1 heterocycles. The summed E-state index contributed by atoms with van der Waals surface area (Å²) in [5, 5.41) is 9.48. The zero-order valence-electron chi connectivity index (χ0n) is 8.97. The van der Waals surface area contributed by atoms with Gasteiger partial charge < -0.3 is 5.11 Å². The number of hydrogen-bond donors (Lipinski definition) is 2. The van der Waals surface area contributed by atoms with Crippen LogP contribution in [-0.2, 0) is 16.7 Å². The van der Waals surface area contributed by atoms with Gasteiger partial charge in [-0.2, -0.15) is 8.42 Å². The Labute approximate surface area is 92.9 Å². The molecule has 0 spiro atoms. The minimum atomic E-state index is -4.57. The summed E-state index contributed by atoms with van der Waals surface area (Å²) < 4.78 is 31.8. The van der Waals surface area contributed by atoms with Gasteiger partial charge in [-0.25, -0.2) is 0 Å². The van der Waals surface area contributed by atoms with Crippen LogP contribution in [0.15, 0.2) is 15.8 Å². The second kappa shape index (κ2) is 4.26. The van der Waals surface area contributed by atoms with E-state index in [0.29, 0.717) is 6.42 Å². The predicted molar refractivity (Wildman–Crippen MR) is 57.2 cm³/mol. The van der Waals surface area contributed by atoms with Gasteiger partial charge in [-0.1, -0.05) is 6.92 Å². The Kier molecular flexibility index (Phi) is 3.39. The molecule has 0 bridgehead atoms. The van der Waals surface area contributed by atoms with Crippen molar-refractivity contribution in [1.29, 1.82) is 0 Å². The molecule has 0 aliphatic carbocycles. The molecule has 0 fully saturated rings. The van der Waals surface area contributed by atoms with Crippen molar-refractivity contribution in [1.82, 2.24) is 4.57 Å². The van der Waals surface area contributed by atoms with E-state index in [1.165, 1.54) is 6.92 Å². The second-order valence-corrected chi connectivity index (χ2v) is 4.80. The first-order chi connectivity index (χ1) is 7.29. The molecule has 2 N–H and O–H groups in total. The topological polar surface area (TPSA) is 96.6 Å². The average Bonchev–Trinajstić information content (AvgIpc) is 2.09. The molecule has 0 saturated carbocycles. The van der Waals surface area contributed by atoms with Crippen LogP contribution in [-0.4, -0.2) is 22.6 Å². The Bertz CT molecular complexity index is 558. The monoisotopic (exact) mass is 247 g/mol. The van der Waals surface area contributed by atoms with Gasteiger partial charge in [-0.3, -0.25) is 13.9 Å². The van der Waals surface area contributed by atoms with Gasteiger partial charge in [0.1, 0.15) is 0 Å². The van der Waals surface area contributed by atoms with Crippen LogP contribution >= 0.6 is 0 Å². The molecule has 0 atom stereocenters. The Morgan fingerprint density at radius 3 is 2.44 bits per heavy atom. The molecule has 1 rings (SSSR count). The van der Waals surface area contributed by atoms with Gasteiger partial charge in [-0.15, -0.1) is 0 Å². The number of pyridine rings is 1. The van der Waals surface area contributed by atoms with Gasteiger partial charge in [0.15, 0.2) is 10.8 Å². The normalized spacial score (nSPS) is 11.7. The van der Waals surface area contributed by atoms with Gasteiger partial charge in [0.2, 0.25) is 0 Å². The van der Waals surface area contributed by atoms with Gasteiger partial charge in [-0.05, 0) is 18.9 Å². The molecule has 16 heavy (non-hydrogen) atoms. The molecule has 0 radical (unpaired) electrons. The molecular weight excluding hydrogens is 234 g/mol. The van der Waals surface area contributed by atoms with E-state index in [9.17, 15) is 18.3 Å². The maximum atomic E-state index is 11.7. The lowest BCUT2D eigenvalue weighted by Gasteiger charge is -2.10. The minimum Gasteiger partial charge on any atom is -0.494 e. The summed E-state index contributed by atoms with van der Waals surface area (Å²) in [6, 6.07) is 1.14. The summed E-state index contributed by atoms with van der Waals surface area (Å²) in [6.07, 6.45) is 0.557. The lowest BCUT2D eigenvalue weighted by Crippen LogP contribution is -2.27. The molecule has 0 unspecified atom stereocenters. The van der Waals surface area contributed by atoms with E-state index in [-0.39, 0.29) is 18.0 Å². The van der Waals surface area contributed by atoms with E-state index in [2.05, 4.69) is 0 Å². The average molecular weight is 247 g/mol. The highest BCUT2D eigenvalue weighted by atomic mass is 32.2. The van der Waals surface area contributed by atoms with E-state index >= 15 is 0 Å². The fourth-order valence-electron chi connectivity index (χ4n) is 1.49. The van der Waals surface area contributed by atoms with Crippen molar-refractivity contribution in [3.05, 3.63) is 22.0 Å². The zero-order valence-corrected chi connectivity index (χ0v) is 9.78. The lowest BCUT2D eigenvalue weighted by molar-refractivity contribution is 0.399. The first-order valence-electron chi connectivity index (χ1n) is 4.70. The van der Waals surface area contributed by atoms with Crippen LogP contribution in [0, 0.1) is 6.92 Å². The fraction of sp³-hybridized carbons (Fsp3) is 0.444. The van der Waals surface area contributed by atoms with Crippen LogP contribution < -0.4 is 5.56 Å². The second-order valence-electron chi connectivity index (χ2n) is 3.45. The third-order valence-corrected chi connectivity index (χ3v) is 3.14. The maximum absolute atomic E-state index is 11.7. The van der Waals surface area contributed by atoms with Crippen LogP contribution in [0.3, 0.4) is 0 Å². The SMILES string of the molecule is CCCn1c(O)cc(C)c(S(=O)(=O)O)c1=O. The molecular formula is C9H13NO5S. The summed E-state index contributed by atoms with van der Waals surface area (Å²) in [6.45, 7) is 3.30. The van der Waals surface area contributed by atoms with Crippen LogP contribution in [0.2, 0.25) is 0 Å². The van der Waals surface area contributed by atoms with E-state index in [0.717, 1.165) is 10.6 Å². The lowest BCUT2D eigenvalue weighted by atomic mass is 10.3. The molecule has 0 amide bonds. The zero-order chi connectivity index (χ0) is 12.5. The van der Waals surface area contributed by atoms with Crippen molar-refractivity contribution in [3.63, 3.8) is 0 Å². The van der Waals surface area contributed by atoms with Crippen molar-refractivity contribution in [2.75, 3.05) is 0 Å². The predicted octanol–water partition coefficient (Wildman–Crippen LogP) is 0.519. The van der Waals surface area contributed by atoms with E-state index in [1.54, 1.807) is 6.92 Å². The third kappa shape index (κ3) is 2.25. The highest BCUT2D eigenvalue weighted by Gasteiger charge is 2.21. The molecule has 0 aliphatic heterocycles. The number of nitrogens with zero attached hydrogens (tertiary/aromatic N) is 1. The number of hydrogen-bond acceptors (Lipinski definition) is 4. The minimum absolute atomic E-state index is 0.0253. The van der Waals surface area contributed by atoms with E-state index < -0.39 is 20.6 Å². The van der Waals surface area contributed by atoms with Crippen molar-refractivity contribution < 1.29 is 18.1 Å². The van der Waals surface area contributed by atoms with Gasteiger partial charge in [0.05, 0.1) is 0 Å². The Morgan fingerprint density at radius 2 is 2.00 bits per heavy atom. The molecule has 0 aliphatic rings. The van der Waals surface area contributed by atoms with Crippen LogP contribution in [0.5, 0.6) is 5.88 Å². The van der Waals surface area contributed by atoms with Crippen molar-refractivity contribution >= 4 is 10.1 Å². The van der Waals surface area contributed by atoms with E-state index in [1.807, 2.05) is 0 Å². The first kappa shape index (κ1) is 12.7. The molecule has 6 nitrogen and oxygen atoms in total. The smallest absolute Gasteiger partial charge is 0.300 e. The van der Waals surface area contributed by atoms with Crippen molar-refractivity contribution in [2.24, 2.45) is 0 Å². The summed E-state index contributed by atoms with van der Waals surface area (Å²) in [7, 11) is -4.57. The van der Waals surface area contributed by atoms with Crippen molar-refractivity contribution in [3.8, 4) is 5.88 Å². The standard InChI is InChI=1S/C9H13NO5S/c1-3-4-10-7(11)5-6(2)8(9(10)12)16(13,14)15/h5,11H,3-4H2,1-2H3,(H,13,14,15). The maximum Gasteiger partial charge on any atom is 0.300 e. The summed E-state index contributed by atoms with van der Waals surface area (Å²) in [5.74, 6) is -0.309. The molecule has 0 saturated heterocycles. The van der Waals surface area contributed by atoms with Crippen LogP contribution in [0.4, 0.5) is 0 Å². The molecule has 7 heteroatoms. The van der Waals surface area contributed by atoms with Crippen LogP contribution in [0.25, 0.3) is 0 Å². The third-order valence-electron chi connectivity index (χ3n) is 2.12. The fourth-order valence-corrected chi connectivity index (χ4v) is 2.28. The number of aromatic hydroxyl groups is 1. The molecule has 0 aromatic carbocycles. The Hall–Kier alpha value is -1.34. The van der Waals surface area contributed by atoms with E-state index in [4.69, 9.17) is 4.55 Å². The summed E-state index contributed by atoms with van der Waals surface area (Å²) >= 11 is 0. The van der Waals surface area contributed by atoms with Gasteiger partial charge >= 0.3 is 0 Å². The largest absolute Gasteiger partial charge is 0.494 e. The Balaban J connectivity index is 3.66. The van der Waals surface area contributed by atoms with Crippen molar-refractivity contribution in [2.45, 2.75) is 31.7 Å². The molecule has 1 aromatic heterocycles. The summed E-state index contributed by atoms with van der Waals surface area (Å²) in [4.78, 5) is 11.0. The number of aromatic nitrogens is 1. The molecule has 1 aromatic rings. The first-order valence-corrected chi connectivity index (χ1v) is 6.14. The quantitative estimate of drug-likeness (QED) is 0.759. The Morgan fingerprint density at radius 1 is 1.44 bits per heavy atom. The summed E-state index contributed by atoms with van der Waals surface area (Å²) in [5.41, 5.74) is -0.876. The number of aryl methyl sites for hydroxylation is 1. The number of rotatable bonds is 3. The van der Waals surface area contributed by atoms with Gasteiger partial charge in [0, 0.05) is 12.6 Å².